The summed E-state index contributed by atoms with van der Waals surface area (Å²) in [6.45, 7) is 3.31. The number of halogens is 1. The van der Waals surface area contributed by atoms with E-state index in [0.29, 0.717) is 17.0 Å². The van der Waals surface area contributed by atoms with Gasteiger partial charge in [0.05, 0.1) is 10.6 Å². The number of ether oxygens (including phenoxy) is 2. The Labute approximate surface area is 162 Å². The minimum atomic E-state index is -0.651. The van der Waals surface area contributed by atoms with E-state index < -0.39 is 18.5 Å². The number of amides is 1. The van der Waals surface area contributed by atoms with Crippen molar-refractivity contribution in [2.24, 2.45) is 0 Å². The predicted molar refractivity (Wildman–Crippen MR) is 102 cm³/mol. The van der Waals surface area contributed by atoms with E-state index in [2.05, 4.69) is 5.32 Å². The second-order valence-electron chi connectivity index (χ2n) is 6.00. The van der Waals surface area contributed by atoms with Gasteiger partial charge in [-0.3, -0.25) is 4.79 Å². The van der Waals surface area contributed by atoms with Gasteiger partial charge in [0.1, 0.15) is 11.8 Å². The van der Waals surface area contributed by atoms with E-state index in [1.54, 1.807) is 6.07 Å². The number of carbonyl (C=O) groups is 2. The summed E-state index contributed by atoms with van der Waals surface area (Å²) in [5.41, 5.74) is 1.70. The molecule has 7 heteroatoms. The van der Waals surface area contributed by atoms with Crippen molar-refractivity contribution in [2.45, 2.75) is 19.8 Å². The van der Waals surface area contributed by atoms with Crippen molar-refractivity contribution < 1.29 is 19.1 Å². The molecule has 0 heterocycles. The molecule has 0 aliphatic carbocycles. The Hall–Kier alpha value is -3.04. The van der Waals surface area contributed by atoms with Gasteiger partial charge in [0.25, 0.3) is 5.91 Å². The smallest absolute Gasteiger partial charge is 0.344 e. The molecule has 2 aromatic rings. The van der Waals surface area contributed by atoms with E-state index in [1.807, 2.05) is 38.1 Å². The standard InChI is InChI=1S/C20H19ClN2O4/c1-13(2)16-5-3-4-6-18(16)26-12-20(25)27-11-19(24)23-15-8-7-14(10-22)17(21)9-15/h3-9,13H,11-12H2,1-2H3,(H,23,24). The topological polar surface area (TPSA) is 88.4 Å². The lowest BCUT2D eigenvalue weighted by atomic mass is 10.0. The highest BCUT2D eigenvalue weighted by atomic mass is 35.5. The largest absolute Gasteiger partial charge is 0.482 e. The maximum Gasteiger partial charge on any atom is 0.344 e. The van der Waals surface area contributed by atoms with Crippen LogP contribution < -0.4 is 10.1 Å². The number of benzene rings is 2. The number of nitriles is 1. The third-order valence-corrected chi connectivity index (χ3v) is 3.94. The fraction of sp³-hybridized carbons (Fsp3) is 0.250. The average molecular weight is 387 g/mol. The second-order valence-corrected chi connectivity index (χ2v) is 6.40. The van der Waals surface area contributed by atoms with E-state index in [0.717, 1.165) is 5.56 Å². The Morgan fingerprint density at radius 3 is 2.59 bits per heavy atom. The highest BCUT2D eigenvalue weighted by Gasteiger charge is 2.12. The predicted octanol–water partition coefficient (Wildman–Crippen LogP) is 3.90. The first-order chi connectivity index (χ1) is 12.9. The Balaban J connectivity index is 1.81. The van der Waals surface area contributed by atoms with Crippen LogP contribution in [-0.4, -0.2) is 25.1 Å². The van der Waals surface area contributed by atoms with Crippen molar-refractivity contribution in [3.63, 3.8) is 0 Å². The summed E-state index contributed by atoms with van der Waals surface area (Å²) in [4.78, 5) is 23.7. The maximum absolute atomic E-state index is 11.9. The van der Waals surface area contributed by atoms with Crippen LogP contribution in [0.15, 0.2) is 42.5 Å². The summed E-state index contributed by atoms with van der Waals surface area (Å²) >= 11 is 5.90. The van der Waals surface area contributed by atoms with Crippen molar-refractivity contribution in [3.05, 3.63) is 58.6 Å². The van der Waals surface area contributed by atoms with Gasteiger partial charge in [0, 0.05) is 5.69 Å². The van der Waals surface area contributed by atoms with Gasteiger partial charge in [0.2, 0.25) is 0 Å². The Bertz CT molecular complexity index is 875. The van der Waals surface area contributed by atoms with Gasteiger partial charge in [-0.2, -0.15) is 5.26 Å². The lowest BCUT2D eigenvalue weighted by Gasteiger charge is -2.13. The number of carbonyl (C=O) groups excluding carboxylic acids is 2. The van der Waals surface area contributed by atoms with Gasteiger partial charge >= 0.3 is 5.97 Å². The average Bonchev–Trinajstić information content (AvgIpc) is 2.65. The number of anilines is 1. The molecule has 0 aromatic heterocycles. The maximum atomic E-state index is 11.9. The molecule has 27 heavy (non-hydrogen) atoms. The van der Waals surface area contributed by atoms with Crippen LogP contribution >= 0.6 is 11.6 Å². The molecule has 0 unspecified atom stereocenters. The van der Waals surface area contributed by atoms with Gasteiger partial charge in [-0.1, -0.05) is 43.6 Å². The van der Waals surface area contributed by atoms with Crippen LogP contribution in [0.5, 0.6) is 5.75 Å². The fourth-order valence-electron chi connectivity index (χ4n) is 2.29. The molecule has 140 valence electrons. The summed E-state index contributed by atoms with van der Waals surface area (Å²) in [6.07, 6.45) is 0. The molecule has 1 amide bonds. The SMILES string of the molecule is CC(C)c1ccccc1OCC(=O)OCC(=O)Nc1ccc(C#N)c(Cl)c1. The van der Waals surface area contributed by atoms with Gasteiger partial charge < -0.3 is 14.8 Å². The van der Waals surface area contributed by atoms with Crippen LogP contribution in [0.4, 0.5) is 5.69 Å². The van der Waals surface area contributed by atoms with Crippen LogP contribution in [0.3, 0.4) is 0 Å². The Morgan fingerprint density at radius 1 is 1.19 bits per heavy atom. The number of nitrogens with one attached hydrogen (secondary N) is 1. The Kier molecular flexibility index (Phi) is 7.21. The first kappa shape index (κ1) is 20.3. The quantitative estimate of drug-likeness (QED) is 0.729. The molecular weight excluding hydrogens is 368 g/mol. The molecule has 6 nitrogen and oxygen atoms in total. The molecule has 0 aliphatic heterocycles. The van der Waals surface area contributed by atoms with E-state index in [-0.39, 0.29) is 17.5 Å². The Morgan fingerprint density at radius 2 is 1.93 bits per heavy atom. The van der Waals surface area contributed by atoms with E-state index in [4.69, 9.17) is 26.3 Å². The summed E-state index contributed by atoms with van der Waals surface area (Å²) < 4.78 is 10.4. The van der Waals surface area contributed by atoms with E-state index in [9.17, 15) is 9.59 Å². The minimum Gasteiger partial charge on any atom is -0.482 e. The monoisotopic (exact) mass is 386 g/mol. The van der Waals surface area contributed by atoms with Crippen molar-refractivity contribution in [1.82, 2.24) is 0 Å². The van der Waals surface area contributed by atoms with E-state index in [1.165, 1.54) is 18.2 Å². The second kappa shape index (κ2) is 9.60. The minimum absolute atomic E-state index is 0.226. The third kappa shape index (κ3) is 6.01. The van der Waals surface area contributed by atoms with Crippen LogP contribution in [0.25, 0.3) is 0 Å². The number of nitrogens with zero attached hydrogens (tertiary/aromatic N) is 1. The van der Waals surface area contributed by atoms with Gasteiger partial charge in [-0.25, -0.2) is 4.79 Å². The number of esters is 1. The number of hydrogen-bond donors (Lipinski definition) is 1. The summed E-state index contributed by atoms with van der Waals surface area (Å²) in [7, 11) is 0. The molecule has 0 bridgehead atoms. The van der Waals surface area contributed by atoms with Crippen molar-refractivity contribution in [3.8, 4) is 11.8 Å². The zero-order valence-corrected chi connectivity index (χ0v) is 15.7. The summed E-state index contributed by atoms with van der Waals surface area (Å²) in [5.74, 6) is -0.309. The molecule has 0 aliphatic rings. The zero-order chi connectivity index (χ0) is 19.8. The lowest BCUT2D eigenvalue weighted by molar-refractivity contribution is -0.149. The van der Waals surface area contributed by atoms with Gasteiger partial charge in [0.15, 0.2) is 13.2 Å². The summed E-state index contributed by atoms with van der Waals surface area (Å²) in [6, 6.07) is 13.8. The highest BCUT2D eigenvalue weighted by molar-refractivity contribution is 6.32. The first-order valence-electron chi connectivity index (χ1n) is 8.27. The lowest BCUT2D eigenvalue weighted by Crippen LogP contribution is -2.23. The molecule has 0 spiro atoms. The van der Waals surface area contributed by atoms with Crippen LogP contribution in [0.2, 0.25) is 5.02 Å². The first-order valence-corrected chi connectivity index (χ1v) is 8.65. The molecule has 0 atom stereocenters. The van der Waals surface area contributed by atoms with Crippen LogP contribution in [-0.2, 0) is 14.3 Å². The van der Waals surface area contributed by atoms with Crippen LogP contribution in [0.1, 0.15) is 30.9 Å². The van der Waals surface area contributed by atoms with Crippen LogP contribution in [0, 0.1) is 11.3 Å². The molecule has 2 rings (SSSR count). The molecule has 0 radical (unpaired) electrons. The molecular formula is C20H19ClN2O4. The molecule has 0 saturated heterocycles. The molecule has 1 N–H and O–H groups in total. The summed E-state index contributed by atoms with van der Waals surface area (Å²) in [5, 5.41) is 11.6. The number of hydrogen-bond acceptors (Lipinski definition) is 5. The van der Waals surface area contributed by atoms with Crippen molar-refractivity contribution in [1.29, 1.82) is 5.26 Å². The van der Waals surface area contributed by atoms with Gasteiger partial charge in [-0.15, -0.1) is 0 Å². The van der Waals surface area contributed by atoms with Crippen molar-refractivity contribution in [2.75, 3.05) is 18.5 Å². The van der Waals surface area contributed by atoms with Gasteiger partial charge in [-0.05, 0) is 35.7 Å². The zero-order valence-electron chi connectivity index (χ0n) is 15.0. The number of rotatable bonds is 7. The normalized spacial score (nSPS) is 10.2. The molecule has 2 aromatic carbocycles. The van der Waals surface area contributed by atoms with Crippen molar-refractivity contribution >= 4 is 29.2 Å². The third-order valence-electron chi connectivity index (χ3n) is 3.62. The van der Waals surface area contributed by atoms with E-state index >= 15 is 0 Å². The fourth-order valence-corrected chi connectivity index (χ4v) is 2.52. The number of para-hydroxylation sites is 1. The highest BCUT2D eigenvalue weighted by Crippen LogP contribution is 2.25. The molecule has 0 fully saturated rings. The molecule has 0 saturated carbocycles.